The molecule has 8 rings (SSSR count). The fourth-order valence-electron chi connectivity index (χ4n) is 10.6. The summed E-state index contributed by atoms with van der Waals surface area (Å²) in [5.41, 5.74) is 2.30. The van der Waals surface area contributed by atoms with Crippen LogP contribution in [0.5, 0.6) is 23.0 Å². The van der Waals surface area contributed by atoms with Crippen LogP contribution in [0.4, 0.5) is 4.79 Å². The van der Waals surface area contributed by atoms with Crippen molar-refractivity contribution in [3.63, 3.8) is 0 Å². The minimum absolute atomic E-state index is 0.000556. The number of nitrogens with one attached hydrogen (secondary N) is 5. The number of phenols is 2. The second-order valence-electron chi connectivity index (χ2n) is 23.9. The van der Waals surface area contributed by atoms with Gasteiger partial charge in [-0.3, -0.25) is 33.3 Å². The van der Waals surface area contributed by atoms with Crippen molar-refractivity contribution >= 4 is 41.4 Å². The van der Waals surface area contributed by atoms with E-state index < -0.39 is 65.4 Å². The molecule has 21 nitrogen and oxygen atoms in total. The van der Waals surface area contributed by atoms with Crippen molar-refractivity contribution in [1.82, 2.24) is 46.2 Å². The predicted molar refractivity (Wildman–Crippen MR) is 330 cm³/mol. The standard InChI is InChI=1S/C67H81N9O12/c1-9-68-65(84)60-74-73-59(51-37-50(42(6)7)56(77)38-57(51)78)76(60)46-23-27-47(28-24-46)87-49-30-32-75(33-31-49)66(85)88-48-25-21-45(22-26-48)61(80)69-52(29-20-43-16-12-10-13-17-43)62(81)71-54(35-41(4)5)63(82)72-55(36-44-18-14-11-15-19-44)64(83)70-53(34-40(2)3)58(79)67(8)39-86-67/h10-19,21-28,37-38,40-42,49,52-55,77-78H,9,20,29-36,39H2,1-8H3,(H,68,84)(H,69,80)(H,70,83)(H,71,81)(H,72,82)/t52-,53-,54-,55-,67+/m0/s1. The molecule has 2 aliphatic heterocycles. The molecule has 5 atom stereocenters. The Morgan fingerprint density at radius 1 is 0.659 bits per heavy atom. The van der Waals surface area contributed by atoms with E-state index in [1.807, 2.05) is 102 Å². The van der Waals surface area contributed by atoms with Crippen molar-refractivity contribution in [2.75, 3.05) is 26.2 Å². The van der Waals surface area contributed by atoms with Crippen LogP contribution in [0.1, 0.15) is 131 Å². The molecule has 2 fully saturated rings. The summed E-state index contributed by atoms with van der Waals surface area (Å²) >= 11 is 0. The first-order valence-corrected chi connectivity index (χ1v) is 30.2. The van der Waals surface area contributed by atoms with Gasteiger partial charge in [0, 0.05) is 56.2 Å². The average molecular weight is 1200 g/mol. The highest BCUT2D eigenvalue weighted by Crippen LogP contribution is 2.39. The number of rotatable bonds is 27. The molecule has 0 radical (unpaired) electrons. The van der Waals surface area contributed by atoms with Crippen molar-refractivity contribution < 1.29 is 58.0 Å². The number of epoxide rings is 1. The topological polar surface area (TPSA) is 285 Å². The number of amides is 6. The van der Waals surface area contributed by atoms with Gasteiger partial charge in [0.2, 0.25) is 23.5 Å². The number of hydrogen-bond donors (Lipinski definition) is 7. The van der Waals surface area contributed by atoms with Crippen LogP contribution in [0.25, 0.3) is 17.1 Å². The van der Waals surface area contributed by atoms with Gasteiger partial charge in [0.05, 0.1) is 18.2 Å². The maximum absolute atomic E-state index is 14.5. The van der Waals surface area contributed by atoms with Gasteiger partial charge in [0.25, 0.3) is 11.8 Å². The van der Waals surface area contributed by atoms with Crippen LogP contribution < -0.4 is 36.1 Å². The minimum atomic E-state index is -1.12. The van der Waals surface area contributed by atoms with Gasteiger partial charge >= 0.3 is 6.09 Å². The molecular formula is C67H81N9O12. The number of aryl methyl sites for hydroxylation is 1. The molecule has 6 amide bonds. The molecule has 0 aliphatic carbocycles. The number of ketones is 1. The molecule has 21 heteroatoms. The van der Waals surface area contributed by atoms with Gasteiger partial charge in [-0.1, -0.05) is 102 Å². The van der Waals surface area contributed by atoms with E-state index in [-0.39, 0.29) is 95.5 Å². The Kier molecular flexibility index (Phi) is 21.8. The SMILES string of the molecule is CCNC(=O)c1nnc(-c2cc(C(C)C)c(O)cc2O)n1-c1ccc(OC2CCN(C(=O)Oc3ccc(C(=O)N[C@@H](CCc4ccccc4)C(=O)N[C@@H](CC(C)C)C(=O)N[C@@H](Cc4ccccc4)C(=O)N[C@@H](CC(C)C)C(=O)[C@@]4(C)CO4)cc3)CC2)cc1. The summed E-state index contributed by atoms with van der Waals surface area (Å²) in [6.07, 6.45) is 1.45. The van der Waals surface area contributed by atoms with Gasteiger partial charge < -0.3 is 55.9 Å². The van der Waals surface area contributed by atoms with E-state index in [1.165, 1.54) is 34.9 Å². The average Bonchev–Trinajstić information content (AvgIpc) is 2.13. The van der Waals surface area contributed by atoms with E-state index in [1.54, 1.807) is 49.1 Å². The molecular weight excluding hydrogens is 1120 g/mol. The molecule has 1 aromatic heterocycles. The zero-order chi connectivity index (χ0) is 63.2. The zero-order valence-electron chi connectivity index (χ0n) is 51.2. The number of carbonyl (C=O) groups excluding carboxylic acids is 7. The number of phenolic OH excluding ortho intramolecular Hbond substituents is 2. The fraction of sp³-hybridized carbons (Fsp3) is 0.418. The number of Topliss-reactive ketones (excluding diaryl/α,β-unsaturated/α-hetero) is 1. The van der Waals surface area contributed by atoms with Gasteiger partial charge in [0.1, 0.15) is 52.8 Å². The Morgan fingerprint density at radius 3 is 1.83 bits per heavy atom. The lowest BCUT2D eigenvalue weighted by molar-refractivity contribution is -0.134. The number of ether oxygens (including phenoxy) is 3. The van der Waals surface area contributed by atoms with Gasteiger partial charge in [-0.05, 0) is 129 Å². The predicted octanol–water partition coefficient (Wildman–Crippen LogP) is 8.14. The van der Waals surface area contributed by atoms with Gasteiger partial charge in [-0.15, -0.1) is 10.2 Å². The van der Waals surface area contributed by atoms with Crippen LogP contribution in [0.15, 0.2) is 121 Å². The summed E-state index contributed by atoms with van der Waals surface area (Å²) in [5.74, 6) is -2.48. The molecule has 5 aromatic carbocycles. The van der Waals surface area contributed by atoms with Crippen LogP contribution in [-0.2, 0) is 36.8 Å². The number of likely N-dealkylation sites (tertiary alicyclic amines) is 1. The summed E-state index contributed by atoms with van der Waals surface area (Å²) in [5, 5.41) is 44.3. The van der Waals surface area contributed by atoms with E-state index in [2.05, 4.69) is 36.8 Å². The Bertz CT molecular complexity index is 3400. The number of aromatic hydroxyl groups is 2. The van der Waals surface area contributed by atoms with Crippen LogP contribution >= 0.6 is 0 Å². The smallest absolute Gasteiger partial charge is 0.415 e. The number of carbonyl (C=O) groups is 7. The number of aromatic nitrogens is 3. The van der Waals surface area contributed by atoms with Gasteiger partial charge in [-0.25, -0.2) is 4.79 Å². The monoisotopic (exact) mass is 1200 g/mol. The van der Waals surface area contributed by atoms with Gasteiger partial charge in [0.15, 0.2) is 11.6 Å². The number of hydrogen-bond acceptors (Lipinski definition) is 14. The Morgan fingerprint density at radius 2 is 1.23 bits per heavy atom. The first-order valence-electron chi connectivity index (χ1n) is 30.2. The molecule has 3 heterocycles. The first kappa shape index (κ1) is 64.9. The molecule has 0 saturated carbocycles. The van der Waals surface area contributed by atoms with Crippen LogP contribution in [-0.4, -0.2) is 133 Å². The van der Waals surface area contributed by atoms with Crippen molar-refractivity contribution in [3.8, 4) is 40.1 Å². The fourth-order valence-corrected chi connectivity index (χ4v) is 10.6. The second-order valence-corrected chi connectivity index (χ2v) is 23.9. The third kappa shape index (κ3) is 17.1. The van der Waals surface area contributed by atoms with Crippen LogP contribution in [0, 0.1) is 11.8 Å². The first-order chi connectivity index (χ1) is 42.1. The maximum atomic E-state index is 14.5. The summed E-state index contributed by atoms with van der Waals surface area (Å²) in [4.78, 5) is 98.9. The molecule has 6 aromatic rings. The molecule has 0 bridgehead atoms. The summed E-state index contributed by atoms with van der Waals surface area (Å²) in [7, 11) is 0. The summed E-state index contributed by atoms with van der Waals surface area (Å²) in [6.45, 7) is 16.3. The highest BCUT2D eigenvalue weighted by atomic mass is 16.6. The highest BCUT2D eigenvalue weighted by Gasteiger charge is 2.50. The minimum Gasteiger partial charge on any atom is -0.508 e. The molecule has 466 valence electrons. The molecule has 88 heavy (non-hydrogen) atoms. The van der Waals surface area contributed by atoms with Crippen LogP contribution in [0.2, 0.25) is 0 Å². The molecule has 2 aliphatic rings. The Hall–Kier alpha value is -9.11. The van der Waals surface area contributed by atoms with Crippen LogP contribution in [0.3, 0.4) is 0 Å². The third-order valence-corrected chi connectivity index (χ3v) is 15.5. The van der Waals surface area contributed by atoms with Crippen molar-refractivity contribution in [1.29, 1.82) is 0 Å². The lowest BCUT2D eigenvalue weighted by Gasteiger charge is -2.31. The molecule has 7 N–H and O–H groups in total. The van der Waals surface area contributed by atoms with Crippen molar-refractivity contribution in [3.05, 3.63) is 149 Å². The summed E-state index contributed by atoms with van der Waals surface area (Å²) in [6, 6.07) is 30.3. The van der Waals surface area contributed by atoms with E-state index in [9.17, 15) is 43.8 Å². The Balaban J connectivity index is 0.884. The molecule has 2 saturated heterocycles. The quantitative estimate of drug-likeness (QED) is 0.0240. The van der Waals surface area contributed by atoms with E-state index >= 15 is 0 Å². The summed E-state index contributed by atoms with van der Waals surface area (Å²) < 4.78 is 19.1. The van der Waals surface area contributed by atoms with E-state index in [4.69, 9.17) is 14.2 Å². The third-order valence-electron chi connectivity index (χ3n) is 15.5. The lowest BCUT2D eigenvalue weighted by atomic mass is 9.93. The van der Waals surface area contributed by atoms with E-state index in [0.717, 1.165) is 11.1 Å². The number of benzene rings is 5. The normalized spacial score (nSPS) is 16.2. The van der Waals surface area contributed by atoms with Crippen molar-refractivity contribution in [2.45, 2.75) is 142 Å². The zero-order valence-corrected chi connectivity index (χ0v) is 51.2. The Labute approximate surface area is 513 Å². The van der Waals surface area contributed by atoms with Gasteiger partial charge in [-0.2, -0.15) is 0 Å². The number of piperidine rings is 1. The maximum Gasteiger partial charge on any atom is 0.415 e. The highest BCUT2D eigenvalue weighted by molar-refractivity contribution is 6.00. The largest absolute Gasteiger partial charge is 0.508 e. The van der Waals surface area contributed by atoms with Crippen molar-refractivity contribution in [2.24, 2.45) is 11.8 Å². The molecule has 0 unspecified atom stereocenters. The van der Waals surface area contributed by atoms with E-state index in [0.29, 0.717) is 62.3 Å². The molecule has 0 spiro atoms. The number of nitrogens with zero attached hydrogens (tertiary/aromatic N) is 4. The lowest BCUT2D eigenvalue weighted by Crippen LogP contribution is -2.59. The second kappa shape index (κ2) is 29.5.